The Morgan fingerprint density at radius 1 is 1.26 bits per heavy atom. The van der Waals surface area contributed by atoms with Crippen molar-refractivity contribution in [2.24, 2.45) is 0 Å². The Morgan fingerprint density at radius 2 is 1.95 bits per heavy atom. The molecule has 2 aromatic rings. The third-order valence-electron chi connectivity index (χ3n) is 3.03. The number of unbranched alkanes of at least 4 members (excludes halogenated alkanes) is 2. The van der Waals surface area contributed by atoms with E-state index in [0.717, 1.165) is 19.3 Å². The fourth-order valence-corrected chi connectivity index (χ4v) is 2.05. The van der Waals surface area contributed by atoms with E-state index in [1.165, 1.54) is 4.68 Å². The first-order chi connectivity index (χ1) is 9.15. The fraction of sp³-hybridized carbons (Fsp3) is 0.357. The summed E-state index contributed by atoms with van der Waals surface area (Å²) in [4.78, 5) is 23.3. The Balaban J connectivity index is 2.56. The number of aromatic carboxylic acids is 1. The number of aryl methyl sites for hydroxylation is 1. The summed E-state index contributed by atoms with van der Waals surface area (Å²) >= 11 is 0. The van der Waals surface area contributed by atoms with E-state index in [9.17, 15) is 14.7 Å². The number of hydrogen-bond acceptors (Lipinski definition) is 4. The molecule has 0 saturated heterocycles. The van der Waals surface area contributed by atoms with Crippen LogP contribution in [0, 0.1) is 0 Å². The Kier molecular flexibility index (Phi) is 3.94. The standard InChI is InChI=1S/C14H16N2O3/c1-2-3-6-9-16-13(17)11-8-5-4-7-10(11)12(15-16)14(18)19/h4-5,7-8H,2-3,6,9H2,1H3,(H,18,19)/p-1. The zero-order valence-corrected chi connectivity index (χ0v) is 10.8. The van der Waals surface area contributed by atoms with Crippen molar-refractivity contribution in [2.45, 2.75) is 32.7 Å². The second-order valence-electron chi connectivity index (χ2n) is 4.42. The van der Waals surface area contributed by atoms with Gasteiger partial charge in [0.25, 0.3) is 5.56 Å². The summed E-state index contributed by atoms with van der Waals surface area (Å²) in [6, 6.07) is 6.57. The molecule has 1 heterocycles. The molecule has 0 N–H and O–H groups in total. The van der Waals surface area contributed by atoms with Crippen LogP contribution < -0.4 is 10.7 Å². The van der Waals surface area contributed by atoms with E-state index in [-0.39, 0.29) is 11.3 Å². The lowest BCUT2D eigenvalue weighted by atomic mass is 10.1. The quantitative estimate of drug-likeness (QED) is 0.749. The van der Waals surface area contributed by atoms with Crippen LogP contribution in [-0.4, -0.2) is 15.7 Å². The molecular weight excluding hydrogens is 244 g/mol. The van der Waals surface area contributed by atoms with Gasteiger partial charge < -0.3 is 9.90 Å². The topological polar surface area (TPSA) is 75.0 Å². The van der Waals surface area contributed by atoms with E-state index in [1.54, 1.807) is 24.3 Å². The van der Waals surface area contributed by atoms with Gasteiger partial charge in [-0.2, -0.15) is 5.10 Å². The molecule has 19 heavy (non-hydrogen) atoms. The monoisotopic (exact) mass is 259 g/mol. The normalized spacial score (nSPS) is 10.8. The molecule has 0 fully saturated rings. The first-order valence-corrected chi connectivity index (χ1v) is 6.36. The summed E-state index contributed by atoms with van der Waals surface area (Å²) < 4.78 is 1.23. The van der Waals surface area contributed by atoms with Crippen molar-refractivity contribution in [1.82, 2.24) is 9.78 Å². The first-order valence-electron chi connectivity index (χ1n) is 6.36. The van der Waals surface area contributed by atoms with Crippen LogP contribution in [0.5, 0.6) is 0 Å². The molecule has 0 saturated carbocycles. The minimum atomic E-state index is -1.36. The maximum Gasteiger partial charge on any atom is 0.274 e. The maximum atomic E-state index is 12.2. The summed E-state index contributed by atoms with van der Waals surface area (Å²) in [5.41, 5.74) is -0.427. The molecule has 0 radical (unpaired) electrons. The van der Waals surface area contributed by atoms with Gasteiger partial charge in [-0.15, -0.1) is 0 Å². The molecule has 2 rings (SSSR count). The lowest BCUT2D eigenvalue weighted by Crippen LogP contribution is -2.31. The van der Waals surface area contributed by atoms with Gasteiger partial charge in [-0.25, -0.2) is 4.68 Å². The van der Waals surface area contributed by atoms with Gasteiger partial charge in [-0.3, -0.25) is 4.79 Å². The third kappa shape index (κ3) is 2.65. The molecule has 0 aliphatic rings. The number of carboxylic acid groups (broad SMARTS) is 1. The Hall–Kier alpha value is -2.17. The van der Waals surface area contributed by atoms with E-state index in [2.05, 4.69) is 12.0 Å². The van der Waals surface area contributed by atoms with Crippen LogP contribution in [0.3, 0.4) is 0 Å². The van der Waals surface area contributed by atoms with Crippen LogP contribution in [0.15, 0.2) is 29.1 Å². The van der Waals surface area contributed by atoms with Gasteiger partial charge in [0.2, 0.25) is 0 Å². The van der Waals surface area contributed by atoms with Crippen molar-refractivity contribution in [3.8, 4) is 0 Å². The van der Waals surface area contributed by atoms with Gasteiger partial charge >= 0.3 is 0 Å². The number of benzene rings is 1. The summed E-state index contributed by atoms with van der Waals surface area (Å²) in [6.45, 7) is 2.49. The third-order valence-corrected chi connectivity index (χ3v) is 3.03. The Morgan fingerprint density at radius 3 is 2.58 bits per heavy atom. The molecule has 5 heteroatoms. The summed E-state index contributed by atoms with van der Waals surface area (Å²) in [5, 5.41) is 15.7. The smallest absolute Gasteiger partial charge is 0.274 e. The number of fused-ring (bicyclic) bond motifs is 1. The average molecular weight is 259 g/mol. The second kappa shape index (κ2) is 5.65. The molecule has 1 aromatic heterocycles. The minimum Gasteiger partial charge on any atom is -0.543 e. The molecule has 0 atom stereocenters. The highest BCUT2D eigenvalue weighted by atomic mass is 16.4. The number of carboxylic acids is 1. The number of aromatic nitrogens is 2. The number of carbonyl (C=O) groups excluding carboxylic acids is 1. The van der Waals surface area contributed by atoms with Crippen LogP contribution in [0.25, 0.3) is 10.8 Å². The molecule has 1 aromatic carbocycles. The molecule has 0 amide bonds. The summed E-state index contributed by atoms with van der Waals surface area (Å²) in [5.74, 6) is -1.36. The van der Waals surface area contributed by atoms with Crippen molar-refractivity contribution in [2.75, 3.05) is 0 Å². The van der Waals surface area contributed by atoms with E-state index >= 15 is 0 Å². The van der Waals surface area contributed by atoms with E-state index in [0.29, 0.717) is 17.3 Å². The zero-order valence-electron chi connectivity index (χ0n) is 10.8. The summed E-state index contributed by atoms with van der Waals surface area (Å²) in [7, 11) is 0. The number of rotatable bonds is 5. The molecule has 0 bridgehead atoms. The molecule has 100 valence electrons. The van der Waals surface area contributed by atoms with Gasteiger partial charge in [-0.1, -0.05) is 38.0 Å². The van der Waals surface area contributed by atoms with Gasteiger partial charge in [0.15, 0.2) is 0 Å². The zero-order chi connectivity index (χ0) is 13.8. The molecule has 0 aliphatic carbocycles. The largest absolute Gasteiger partial charge is 0.543 e. The number of hydrogen-bond donors (Lipinski definition) is 0. The maximum absolute atomic E-state index is 12.2. The lowest BCUT2D eigenvalue weighted by molar-refractivity contribution is -0.255. The van der Waals surface area contributed by atoms with Crippen LogP contribution in [-0.2, 0) is 6.54 Å². The van der Waals surface area contributed by atoms with Gasteiger partial charge in [0.05, 0.1) is 11.4 Å². The van der Waals surface area contributed by atoms with Crippen LogP contribution in [0.1, 0.15) is 36.7 Å². The lowest BCUT2D eigenvalue weighted by Gasteiger charge is -2.11. The molecule has 0 aliphatic heterocycles. The van der Waals surface area contributed by atoms with Gasteiger partial charge in [0.1, 0.15) is 5.69 Å². The van der Waals surface area contributed by atoms with Gasteiger partial charge in [0, 0.05) is 11.9 Å². The first kappa shape index (κ1) is 13.3. The highest BCUT2D eigenvalue weighted by Gasteiger charge is 2.10. The molecule has 5 nitrogen and oxygen atoms in total. The van der Waals surface area contributed by atoms with Crippen molar-refractivity contribution in [3.05, 3.63) is 40.3 Å². The van der Waals surface area contributed by atoms with Gasteiger partial charge in [-0.05, 0) is 12.5 Å². The summed E-state index contributed by atoms with van der Waals surface area (Å²) in [6.07, 6.45) is 2.80. The van der Waals surface area contributed by atoms with Crippen LogP contribution >= 0.6 is 0 Å². The SMILES string of the molecule is CCCCCn1nc(C(=O)[O-])c2ccccc2c1=O. The fourth-order valence-electron chi connectivity index (χ4n) is 2.05. The predicted octanol–water partition coefficient (Wildman–Crippen LogP) is 0.950. The van der Waals surface area contributed by atoms with Crippen LogP contribution in [0.4, 0.5) is 0 Å². The highest BCUT2D eigenvalue weighted by Crippen LogP contribution is 2.12. The molecule has 0 unspecified atom stereocenters. The molecular formula is C14H15N2O3-. The second-order valence-corrected chi connectivity index (χ2v) is 4.42. The van der Waals surface area contributed by atoms with Crippen molar-refractivity contribution in [1.29, 1.82) is 0 Å². The predicted molar refractivity (Wildman–Crippen MR) is 69.9 cm³/mol. The van der Waals surface area contributed by atoms with Crippen molar-refractivity contribution in [3.63, 3.8) is 0 Å². The van der Waals surface area contributed by atoms with E-state index < -0.39 is 5.97 Å². The molecule has 0 spiro atoms. The van der Waals surface area contributed by atoms with Crippen molar-refractivity contribution < 1.29 is 9.90 Å². The average Bonchev–Trinajstić information content (AvgIpc) is 2.41. The number of nitrogens with zero attached hydrogens (tertiary/aromatic N) is 2. The Labute approximate surface area is 110 Å². The van der Waals surface area contributed by atoms with Crippen molar-refractivity contribution >= 4 is 16.7 Å². The Bertz CT molecular complexity index is 661. The van der Waals surface area contributed by atoms with Crippen LogP contribution in [0.2, 0.25) is 0 Å². The minimum absolute atomic E-state index is 0.174. The van der Waals surface area contributed by atoms with E-state index in [4.69, 9.17) is 0 Å². The highest BCUT2D eigenvalue weighted by molar-refractivity contribution is 6.00. The van der Waals surface area contributed by atoms with E-state index in [1.807, 2.05) is 0 Å². The number of carbonyl (C=O) groups is 1.